The van der Waals surface area contributed by atoms with Gasteiger partial charge in [0.05, 0.1) is 0 Å². The van der Waals surface area contributed by atoms with Gasteiger partial charge < -0.3 is 0 Å². The predicted molar refractivity (Wildman–Crippen MR) is 33.1 cm³/mol. The Bertz CT molecular complexity index is 94.4. The normalized spacial score (nSPS) is 9.14. The highest BCUT2D eigenvalue weighted by Crippen LogP contribution is 1.95. The van der Waals surface area contributed by atoms with Crippen LogP contribution in [0.3, 0.4) is 0 Å². The molecule has 0 aliphatic carbocycles. The summed E-state index contributed by atoms with van der Waals surface area (Å²) >= 11 is 6.30. The first-order chi connectivity index (χ1) is 3.41. The lowest BCUT2D eigenvalue weighted by Crippen LogP contribution is -1.59. The number of hydrogen-bond acceptors (Lipinski definition) is 2. The molecule has 0 unspecified atom stereocenters. The van der Waals surface area contributed by atoms with E-state index in [1.165, 1.54) is 17.3 Å². The maximum Gasteiger partial charge on any atom is 0.133 e. The summed E-state index contributed by atoms with van der Waals surface area (Å²) in [6.45, 7) is 0. The van der Waals surface area contributed by atoms with E-state index in [2.05, 4.69) is 0 Å². The van der Waals surface area contributed by atoms with E-state index in [4.69, 9.17) is 16.9 Å². The number of halogens is 1. The molecule has 0 N–H and O–H groups in total. The number of hydrogen-bond donors (Lipinski definition) is 0. The van der Waals surface area contributed by atoms with Gasteiger partial charge in [-0.2, -0.15) is 5.26 Å². The maximum atomic E-state index is 7.93. The summed E-state index contributed by atoms with van der Waals surface area (Å²) in [5, 5.41) is 9.84. The Morgan fingerprint density at radius 2 is 2.57 bits per heavy atom. The maximum absolute atomic E-state index is 7.93. The molecule has 0 fully saturated rings. The Balaban J connectivity index is 2.87. The van der Waals surface area contributed by atoms with Crippen molar-refractivity contribution in [2.75, 3.05) is 5.75 Å². The Hall–Kier alpha value is -0.130. The molecule has 0 aromatic heterocycles. The summed E-state index contributed by atoms with van der Waals surface area (Å²) in [5.74, 6) is 0.681. The molecule has 0 heterocycles. The van der Waals surface area contributed by atoms with E-state index in [9.17, 15) is 0 Å². The second kappa shape index (κ2) is 5.87. The molecule has 1 nitrogen and oxygen atoms in total. The van der Waals surface area contributed by atoms with E-state index in [-0.39, 0.29) is 0 Å². The molecule has 0 saturated carbocycles. The van der Waals surface area contributed by atoms with Gasteiger partial charge in [0.25, 0.3) is 0 Å². The van der Waals surface area contributed by atoms with Crippen molar-refractivity contribution >= 4 is 23.4 Å². The van der Waals surface area contributed by atoms with Crippen LogP contribution in [0.4, 0.5) is 0 Å². The lowest BCUT2D eigenvalue weighted by atomic mass is 10.8. The van der Waals surface area contributed by atoms with E-state index < -0.39 is 0 Å². The number of rotatable bonds is 2. The smallest absolute Gasteiger partial charge is 0.133 e. The summed E-state index contributed by atoms with van der Waals surface area (Å²) in [4.78, 5) is 0. The van der Waals surface area contributed by atoms with Gasteiger partial charge in [-0.25, -0.2) is 0 Å². The molecule has 0 saturated heterocycles. The van der Waals surface area contributed by atoms with Crippen LogP contribution in [0.25, 0.3) is 0 Å². The van der Waals surface area contributed by atoms with Crippen LogP contribution in [0.1, 0.15) is 0 Å². The first kappa shape index (κ1) is 6.87. The van der Waals surface area contributed by atoms with Gasteiger partial charge in [0.15, 0.2) is 0 Å². The minimum absolute atomic E-state index is 0.681. The molecule has 38 valence electrons. The summed E-state index contributed by atoms with van der Waals surface area (Å²) in [6.07, 6.45) is 1.72. The third-order valence-electron chi connectivity index (χ3n) is 0.333. The van der Waals surface area contributed by atoms with Gasteiger partial charge >= 0.3 is 0 Å². The Morgan fingerprint density at radius 1 is 1.86 bits per heavy atom. The summed E-state index contributed by atoms with van der Waals surface area (Å²) < 4.78 is 0. The fourth-order valence-corrected chi connectivity index (χ4v) is 0.583. The summed E-state index contributed by atoms with van der Waals surface area (Å²) in [6, 6.07) is 0. The topological polar surface area (TPSA) is 23.8 Å². The lowest BCUT2D eigenvalue weighted by molar-refractivity contribution is 1.57. The molecular weight excluding hydrogens is 130 g/mol. The van der Waals surface area contributed by atoms with Gasteiger partial charge in [-0.15, -0.1) is 0 Å². The standard InChI is InChI=1S/C4H4ClNS/c5-2-1-3-7-4-6/h1-2H,3H2/b2-1-. The summed E-state index contributed by atoms with van der Waals surface area (Å²) in [7, 11) is 0. The van der Waals surface area contributed by atoms with Crippen LogP contribution in [0.2, 0.25) is 0 Å². The van der Waals surface area contributed by atoms with Crippen LogP contribution in [0, 0.1) is 10.7 Å². The Morgan fingerprint density at radius 3 is 3.00 bits per heavy atom. The lowest BCUT2D eigenvalue weighted by Gasteiger charge is -1.73. The van der Waals surface area contributed by atoms with E-state index in [0.717, 1.165) is 0 Å². The largest absolute Gasteiger partial charge is 0.185 e. The van der Waals surface area contributed by atoms with Crippen molar-refractivity contribution in [1.29, 1.82) is 5.26 Å². The number of nitriles is 1. The third kappa shape index (κ3) is 5.87. The molecule has 0 aromatic carbocycles. The van der Waals surface area contributed by atoms with Gasteiger partial charge in [-0.1, -0.05) is 17.7 Å². The molecule has 0 aliphatic heterocycles. The zero-order valence-corrected chi connectivity index (χ0v) is 5.17. The molecule has 0 spiro atoms. The Kier molecular flexibility index (Phi) is 5.76. The number of thiocyanates is 1. The molecule has 7 heavy (non-hydrogen) atoms. The van der Waals surface area contributed by atoms with Crippen LogP contribution < -0.4 is 0 Å². The first-order valence-corrected chi connectivity index (χ1v) is 3.10. The van der Waals surface area contributed by atoms with Crippen LogP contribution >= 0.6 is 23.4 Å². The van der Waals surface area contributed by atoms with Gasteiger partial charge in [0, 0.05) is 11.3 Å². The molecule has 0 bridgehead atoms. The highest BCUT2D eigenvalue weighted by molar-refractivity contribution is 8.03. The highest BCUT2D eigenvalue weighted by atomic mass is 35.5. The minimum atomic E-state index is 0.681. The molecule has 0 atom stereocenters. The van der Waals surface area contributed by atoms with Crippen LogP contribution in [-0.2, 0) is 0 Å². The number of nitrogens with zero attached hydrogens (tertiary/aromatic N) is 1. The van der Waals surface area contributed by atoms with E-state index in [1.807, 2.05) is 5.40 Å². The monoisotopic (exact) mass is 133 g/mol. The molecule has 0 rings (SSSR count). The molecule has 0 radical (unpaired) electrons. The molecule has 0 amide bonds. The van der Waals surface area contributed by atoms with Crippen LogP contribution in [0.15, 0.2) is 11.6 Å². The van der Waals surface area contributed by atoms with Crippen molar-refractivity contribution in [2.24, 2.45) is 0 Å². The van der Waals surface area contributed by atoms with Crippen molar-refractivity contribution in [3.05, 3.63) is 11.6 Å². The molecule has 0 aromatic rings. The first-order valence-electron chi connectivity index (χ1n) is 1.68. The van der Waals surface area contributed by atoms with Gasteiger partial charge in [-0.05, 0) is 11.8 Å². The van der Waals surface area contributed by atoms with Gasteiger partial charge in [0.2, 0.25) is 0 Å². The third-order valence-corrected chi connectivity index (χ3v) is 1.000. The zero-order chi connectivity index (χ0) is 5.54. The van der Waals surface area contributed by atoms with Crippen molar-refractivity contribution in [2.45, 2.75) is 0 Å². The van der Waals surface area contributed by atoms with Crippen molar-refractivity contribution < 1.29 is 0 Å². The van der Waals surface area contributed by atoms with E-state index in [1.54, 1.807) is 6.08 Å². The Labute approximate surface area is 52.0 Å². The van der Waals surface area contributed by atoms with Crippen molar-refractivity contribution in [1.82, 2.24) is 0 Å². The zero-order valence-electron chi connectivity index (χ0n) is 3.60. The SMILES string of the molecule is N#CSC/C=C\Cl. The van der Waals surface area contributed by atoms with Crippen molar-refractivity contribution in [3.8, 4) is 5.40 Å². The number of thioether (sulfide) groups is 1. The average molecular weight is 134 g/mol. The molecule has 0 aliphatic rings. The predicted octanol–water partition coefficient (Wildman–Crippen LogP) is 1.95. The highest BCUT2D eigenvalue weighted by Gasteiger charge is 1.72. The van der Waals surface area contributed by atoms with Crippen LogP contribution in [0.5, 0.6) is 0 Å². The average Bonchev–Trinajstić information content (AvgIpc) is 1.69. The van der Waals surface area contributed by atoms with Crippen LogP contribution in [-0.4, -0.2) is 5.75 Å². The fraction of sp³-hybridized carbons (Fsp3) is 0.250. The van der Waals surface area contributed by atoms with Gasteiger partial charge in [-0.3, -0.25) is 0 Å². The van der Waals surface area contributed by atoms with E-state index >= 15 is 0 Å². The summed E-state index contributed by atoms with van der Waals surface area (Å²) in [5.41, 5.74) is 1.41. The fourth-order valence-electron chi connectivity index (χ4n) is 0.122. The van der Waals surface area contributed by atoms with E-state index in [0.29, 0.717) is 5.75 Å². The van der Waals surface area contributed by atoms with Gasteiger partial charge in [0.1, 0.15) is 5.40 Å². The quantitative estimate of drug-likeness (QED) is 0.425. The second-order valence-corrected chi connectivity index (χ2v) is 1.82. The second-order valence-electron chi connectivity index (χ2n) is 0.764. The minimum Gasteiger partial charge on any atom is -0.185 e. The van der Waals surface area contributed by atoms with Crippen molar-refractivity contribution in [3.63, 3.8) is 0 Å². The molecule has 3 heteroatoms. The molecular formula is C4H4ClNS.